The lowest BCUT2D eigenvalue weighted by Crippen LogP contribution is -2.36. The fourth-order valence-electron chi connectivity index (χ4n) is 2.81. The third-order valence-corrected chi connectivity index (χ3v) is 4.25. The van der Waals surface area contributed by atoms with Gasteiger partial charge in [-0.2, -0.15) is 0 Å². The third kappa shape index (κ3) is 5.90. The van der Waals surface area contributed by atoms with Crippen molar-refractivity contribution in [3.8, 4) is 5.75 Å². The van der Waals surface area contributed by atoms with Crippen LogP contribution in [0.5, 0.6) is 5.75 Å². The fraction of sp³-hybridized carbons (Fsp3) is 0.632. The lowest BCUT2D eigenvalue weighted by Gasteiger charge is -2.35. The summed E-state index contributed by atoms with van der Waals surface area (Å²) in [6.07, 6.45) is 1.03. The van der Waals surface area contributed by atoms with Gasteiger partial charge < -0.3 is 29.0 Å². The van der Waals surface area contributed by atoms with E-state index < -0.39 is 23.8 Å². The van der Waals surface area contributed by atoms with Gasteiger partial charge in [0, 0.05) is 50.1 Å². The van der Waals surface area contributed by atoms with Crippen molar-refractivity contribution >= 4 is 11.9 Å². The molecule has 0 bridgehead atoms. The molecule has 0 amide bonds. The number of carboxylic acid groups (broad SMARTS) is 1. The summed E-state index contributed by atoms with van der Waals surface area (Å²) in [5.41, 5.74) is 2.26. The van der Waals surface area contributed by atoms with Crippen molar-refractivity contribution in [2.24, 2.45) is 0 Å². The monoisotopic (exact) mass is 379 g/mol. The quantitative estimate of drug-likeness (QED) is 0.619. The number of aromatic nitrogens is 1. The highest BCUT2D eigenvalue weighted by Gasteiger charge is 2.33. The van der Waals surface area contributed by atoms with Gasteiger partial charge in [0.15, 0.2) is 0 Å². The summed E-state index contributed by atoms with van der Waals surface area (Å²) < 4.78 is 17.3. The predicted octanol–water partition coefficient (Wildman–Crippen LogP) is 1.10. The molecule has 8 heteroatoms. The minimum absolute atomic E-state index is 0.234. The van der Waals surface area contributed by atoms with E-state index in [1.165, 1.54) is 0 Å². The summed E-state index contributed by atoms with van der Waals surface area (Å²) in [6.45, 7) is 6.49. The fourth-order valence-corrected chi connectivity index (χ4v) is 2.81. The molecule has 1 aromatic rings. The van der Waals surface area contributed by atoms with Gasteiger partial charge in [-0.25, -0.2) is 0 Å². The van der Waals surface area contributed by atoms with Crippen LogP contribution >= 0.6 is 0 Å². The topological polar surface area (TPSA) is 101 Å². The predicted molar refractivity (Wildman–Crippen MR) is 94.7 cm³/mol. The van der Waals surface area contributed by atoms with Crippen LogP contribution in [0.15, 0.2) is 6.20 Å². The average Bonchev–Trinajstić information content (AvgIpc) is 2.57. The number of carboxylic acids is 1. The van der Waals surface area contributed by atoms with Gasteiger partial charge in [-0.05, 0) is 27.4 Å². The molecule has 2 rings (SSSR count). The van der Waals surface area contributed by atoms with Crippen LogP contribution in [0.2, 0.25) is 0 Å². The molecule has 150 valence electrons. The number of aliphatic carboxylic acids is 1. The van der Waals surface area contributed by atoms with Crippen LogP contribution in [-0.2, 0) is 25.7 Å². The van der Waals surface area contributed by atoms with Crippen molar-refractivity contribution in [3.05, 3.63) is 23.0 Å². The number of carbonyl (C=O) groups is 2. The Hall–Kier alpha value is -2.19. The second kappa shape index (κ2) is 8.67. The summed E-state index contributed by atoms with van der Waals surface area (Å²) in [7, 11) is 3.85. The van der Waals surface area contributed by atoms with Gasteiger partial charge in [0.2, 0.25) is 5.79 Å². The van der Waals surface area contributed by atoms with E-state index in [1.54, 1.807) is 6.20 Å². The number of hydrogen-bond donors (Lipinski definition) is 0. The first-order valence-corrected chi connectivity index (χ1v) is 8.94. The zero-order valence-electron chi connectivity index (χ0n) is 16.5. The third-order valence-electron chi connectivity index (χ3n) is 4.25. The summed E-state index contributed by atoms with van der Waals surface area (Å²) in [5.74, 6) is -1.99. The van der Waals surface area contributed by atoms with Gasteiger partial charge in [-0.15, -0.1) is 0 Å². The number of esters is 1. The molecular weight excluding hydrogens is 352 g/mol. The lowest BCUT2D eigenvalue weighted by molar-refractivity contribution is -0.305. The van der Waals surface area contributed by atoms with Crippen molar-refractivity contribution < 1.29 is 28.9 Å². The number of hydrogen-bond acceptors (Lipinski definition) is 8. The maximum absolute atomic E-state index is 12.1. The highest BCUT2D eigenvalue weighted by molar-refractivity contribution is 5.75. The Morgan fingerprint density at radius 2 is 2.07 bits per heavy atom. The Labute approximate surface area is 159 Å². The molecule has 1 aliphatic rings. The first-order chi connectivity index (χ1) is 12.6. The normalized spacial score (nSPS) is 16.4. The van der Waals surface area contributed by atoms with Gasteiger partial charge in [0.1, 0.15) is 11.9 Å². The number of nitrogens with zero attached hydrogens (tertiary/aromatic N) is 2. The Kier molecular flexibility index (Phi) is 6.78. The Morgan fingerprint density at radius 1 is 1.37 bits per heavy atom. The molecule has 0 spiro atoms. The highest BCUT2D eigenvalue weighted by atomic mass is 16.7. The maximum Gasteiger partial charge on any atom is 0.306 e. The van der Waals surface area contributed by atoms with Crippen LogP contribution in [0.1, 0.15) is 56.0 Å². The Bertz CT molecular complexity index is 702. The molecule has 0 N–H and O–H groups in total. The number of fused-ring (bicyclic) bond motifs is 1. The minimum Gasteiger partial charge on any atom is -0.550 e. The molecule has 8 nitrogen and oxygen atoms in total. The van der Waals surface area contributed by atoms with E-state index >= 15 is 0 Å². The number of rotatable bonds is 8. The van der Waals surface area contributed by atoms with Crippen LogP contribution in [-0.4, -0.2) is 48.2 Å². The Balaban J connectivity index is 2.29. The molecule has 27 heavy (non-hydrogen) atoms. The van der Waals surface area contributed by atoms with E-state index in [2.05, 4.69) is 4.98 Å². The van der Waals surface area contributed by atoms with Gasteiger partial charge in [0.25, 0.3) is 0 Å². The number of pyridine rings is 1. The molecule has 0 saturated carbocycles. The average molecular weight is 379 g/mol. The Morgan fingerprint density at radius 3 is 2.70 bits per heavy atom. The van der Waals surface area contributed by atoms with Crippen molar-refractivity contribution in [3.63, 3.8) is 0 Å². The SMILES string of the molecule is Cc1ncc(C(CCN(C)C)OC(=O)CCC(=O)[O-])c2c1OC(C)(C)OC2. The highest BCUT2D eigenvalue weighted by Crippen LogP contribution is 2.38. The van der Waals surface area contributed by atoms with E-state index in [4.69, 9.17) is 14.2 Å². The first-order valence-electron chi connectivity index (χ1n) is 8.94. The van der Waals surface area contributed by atoms with Crippen LogP contribution in [0.4, 0.5) is 0 Å². The summed E-state index contributed by atoms with van der Waals surface area (Å²) in [6, 6.07) is 0. The van der Waals surface area contributed by atoms with Crippen molar-refractivity contribution in [1.82, 2.24) is 9.88 Å². The van der Waals surface area contributed by atoms with E-state index in [1.807, 2.05) is 39.8 Å². The van der Waals surface area contributed by atoms with E-state index in [9.17, 15) is 14.7 Å². The molecule has 1 aromatic heterocycles. The summed E-state index contributed by atoms with van der Waals surface area (Å²) >= 11 is 0. The number of aryl methyl sites for hydroxylation is 1. The molecule has 1 aliphatic heterocycles. The van der Waals surface area contributed by atoms with E-state index in [-0.39, 0.29) is 12.8 Å². The molecule has 1 unspecified atom stereocenters. The molecule has 0 radical (unpaired) electrons. The first kappa shape index (κ1) is 21.1. The van der Waals surface area contributed by atoms with Gasteiger partial charge in [0.05, 0.1) is 18.7 Å². The van der Waals surface area contributed by atoms with E-state index in [0.29, 0.717) is 25.3 Å². The minimum atomic E-state index is -1.28. The molecule has 1 atom stereocenters. The molecule has 0 aromatic carbocycles. The smallest absolute Gasteiger partial charge is 0.306 e. The van der Waals surface area contributed by atoms with Crippen LogP contribution in [0.25, 0.3) is 0 Å². The summed E-state index contributed by atoms with van der Waals surface area (Å²) in [4.78, 5) is 29.1. The standard InChI is InChI=1S/C19H28N2O6/c1-12-18-14(11-25-19(2,3)27-18)13(10-20-12)15(8-9-21(4)5)26-17(24)7-6-16(22)23/h10,15H,6-9,11H2,1-5H3,(H,22,23)/p-1. The van der Waals surface area contributed by atoms with Crippen LogP contribution in [0, 0.1) is 6.92 Å². The summed E-state index contributed by atoms with van der Waals surface area (Å²) in [5, 5.41) is 10.6. The number of carbonyl (C=O) groups excluding carboxylic acids is 2. The molecule has 0 aliphatic carbocycles. The second-order valence-electron chi connectivity index (χ2n) is 7.34. The van der Waals surface area contributed by atoms with Gasteiger partial charge >= 0.3 is 5.97 Å². The molecule has 0 saturated heterocycles. The van der Waals surface area contributed by atoms with Crippen LogP contribution < -0.4 is 9.84 Å². The lowest BCUT2D eigenvalue weighted by atomic mass is 9.99. The maximum atomic E-state index is 12.1. The van der Waals surface area contributed by atoms with Gasteiger partial charge in [-0.1, -0.05) is 0 Å². The number of ether oxygens (including phenoxy) is 3. The second-order valence-corrected chi connectivity index (χ2v) is 7.34. The van der Waals surface area contributed by atoms with Crippen molar-refractivity contribution in [1.29, 1.82) is 0 Å². The van der Waals surface area contributed by atoms with Crippen molar-refractivity contribution in [2.75, 3.05) is 20.6 Å². The molecule has 0 fully saturated rings. The molecular formula is C19H27N2O6-. The molecule has 2 heterocycles. The van der Waals surface area contributed by atoms with E-state index in [0.717, 1.165) is 16.8 Å². The largest absolute Gasteiger partial charge is 0.550 e. The van der Waals surface area contributed by atoms with Crippen LogP contribution in [0.3, 0.4) is 0 Å². The van der Waals surface area contributed by atoms with Crippen molar-refractivity contribution in [2.45, 2.75) is 58.5 Å². The zero-order valence-corrected chi connectivity index (χ0v) is 16.5. The van der Waals surface area contributed by atoms with Gasteiger partial charge in [-0.3, -0.25) is 9.78 Å². The zero-order chi connectivity index (χ0) is 20.2.